The summed E-state index contributed by atoms with van der Waals surface area (Å²) >= 11 is 1.65. The lowest BCUT2D eigenvalue weighted by Gasteiger charge is -2.23. The lowest BCUT2D eigenvalue weighted by atomic mass is 10.2. The fourth-order valence-corrected chi connectivity index (χ4v) is 3.72. The van der Waals surface area contributed by atoms with Crippen LogP contribution in [0, 0.1) is 5.92 Å². The van der Waals surface area contributed by atoms with E-state index in [0.717, 1.165) is 60.7 Å². The number of nitrogens with zero attached hydrogens (tertiary/aromatic N) is 5. The molecule has 0 fully saturated rings. The predicted octanol–water partition coefficient (Wildman–Crippen LogP) is 3.92. The third-order valence-electron chi connectivity index (χ3n) is 4.56. The molecule has 0 aliphatic carbocycles. The highest BCUT2D eigenvalue weighted by Crippen LogP contribution is 2.19. The van der Waals surface area contributed by atoms with Crippen LogP contribution in [0.4, 0.5) is 0 Å². The van der Waals surface area contributed by atoms with Gasteiger partial charge in [0.2, 0.25) is 0 Å². The highest BCUT2D eigenvalue weighted by Gasteiger charge is 2.13. The second kappa shape index (κ2) is 13.7. The molecule has 0 radical (unpaired) electrons. The van der Waals surface area contributed by atoms with Crippen molar-refractivity contribution in [3.63, 3.8) is 0 Å². The van der Waals surface area contributed by atoms with Crippen LogP contribution in [0.2, 0.25) is 0 Å². The molecule has 9 heteroatoms. The number of rotatable bonds is 10. The van der Waals surface area contributed by atoms with Crippen molar-refractivity contribution < 1.29 is 4.74 Å². The summed E-state index contributed by atoms with van der Waals surface area (Å²) in [7, 11) is 5.54. The van der Waals surface area contributed by atoms with Gasteiger partial charge in [0.05, 0.1) is 7.11 Å². The first kappa shape index (κ1) is 26.5. The highest BCUT2D eigenvalue weighted by molar-refractivity contribution is 14.0. The van der Waals surface area contributed by atoms with Crippen molar-refractivity contribution in [3.05, 3.63) is 35.7 Å². The van der Waals surface area contributed by atoms with Gasteiger partial charge in [0, 0.05) is 45.7 Å². The molecule has 0 aliphatic rings. The minimum atomic E-state index is 0. The Hall–Kier alpha value is -1.49. The molecule has 0 saturated carbocycles. The van der Waals surface area contributed by atoms with E-state index in [1.54, 1.807) is 18.9 Å². The minimum absolute atomic E-state index is 0. The lowest BCUT2D eigenvalue weighted by Crippen LogP contribution is -2.39. The van der Waals surface area contributed by atoms with Crippen molar-refractivity contribution in [3.8, 4) is 5.75 Å². The zero-order valence-electron chi connectivity index (χ0n) is 18.9. The number of hydrogen-bond acceptors (Lipinski definition) is 5. The van der Waals surface area contributed by atoms with Gasteiger partial charge >= 0.3 is 0 Å². The van der Waals surface area contributed by atoms with Gasteiger partial charge in [-0.1, -0.05) is 43.8 Å². The van der Waals surface area contributed by atoms with E-state index in [4.69, 9.17) is 4.74 Å². The summed E-state index contributed by atoms with van der Waals surface area (Å²) in [6.07, 6.45) is 3.90. The molecular weight excluding hydrogens is 511 g/mol. The van der Waals surface area contributed by atoms with Gasteiger partial charge in [-0.15, -0.1) is 34.2 Å². The van der Waals surface area contributed by atoms with Gasteiger partial charge in [-0.05, 0) is 24.7 Å². The van der Waals surface area contributed by atoms with E-state index in [1.807, 2.05) is 38.6 Å². The molecule has 1 N–H and O–H groups in total. The molecule has 0 spiro atoms. The quantitative estimate of drug-likeness (QED) is 0.160. The molecule has 1 aromatic heterocycles. The van der Waals surface area contributed by atoms with Gasteiger partial charge in [-0.2, -0.15) is 0 Å². The average molecular weight is 547 g/mol. The van der Waals surface area contributed by atoms with Gasteiger partial charge in [0.15, 0.2) is 11.1 Å². The molecule has 1 aromatic carbocycles. The van der Waals surface area contributed by atoms with E-state index in [0.29, 0.717) is 5.92 Å². The molecule has 168 valence electrons. The third kappa shape index (κ3) is 7.64. The summed E-state index contributed by atoms with van der Waals surface area (Å²) in [4.78, 5) is 6.51. The zero-order valence-corrected chi connectivity index (χ0v) is 22.0. The van der Waals surface area contributed by atoms with Crippen LogP contribution in [-0.2, 0) is 19.5 Å². The van der Waals surface area contributed by atoms with Gasteiger partial charge < -0.3 is 19.5 Å². The number of hydrogen-bond donors (Lipinski definition) is 1. The van der Waals surface area contributed by atoms with Crippen molar-refractivity contribution in [2.75, 3.05) is 34.0 Å². The van der Waals surface area contributed by atoms with E-state index in [9.17, 15) is 0 Å². The number of thioether (sulfide) groups is 1. The molecule has 2 aromatic rings. The molecule has 1 heterocycles. The Morgan fingerprint density at radius 2 is 2.03 bits per heavy atom. The van der Waals surface area contributed by atoms with Crippen LogP contribution < -0.4 is 10.1 Å². The molecule has 0 saturated heterocycles. The monoisotopic (exact) mass is 546 g/mol. The molecule has 7 nitrogen and oxygen atoms in total. The predicted molar refractivity (Wildman–Crippen MR) is 136 cm³/mol. The number of guanidine groups is 1. The van der Waals surface area contributed by atoms with Crippen molar-refractivity contribution >= 4 is 41.7 Å². The maximum atomic E-state index is 5.45. The van der Waals surface area contributed by atoms with Crippen molar-refractivity contribution in [2.45, 2.75) is 44.9 Å². The number of aliphatic imine (C=N–C) groups is 1. The standard InChI is InChI=1S/C21H34N6OS.HI/c1-16(2)14-27-19(24-25-21(27)29-6)12-9-13-23-20(22-3)26(4)15-17-10-7-8-11-18(17)28-5;/h7-8,10-11,16H,9,12-15H2,1-6H3,(H,22,23);1H. The molecule has 0 amide bonds. The van der Waals surface area contributed by atoms with Gasteiger partial charge in [-0.3, -0.25) is 4.99 Å². The van der Waals surface area contributed by atoms with Crippen LogP contribution in [0.3, 0.4) is 0 Å². The summed E-state index contributed by atoms with van der Waals surface area (Å²) in [5.74, 6) is 3.38. The average Bonchev–Trinajstić information content (AvgIpc) is 3.09. The largest absolute Gasteiger partial charge is 0.496 e. The lowest BCUT2D eigenvalue weighted by molar-refractivity contribution is 0.396. The minimum Gasteiger partial charge on any atom is -0.496 e. The van der Waals surface area contributed by atoms with Gasteiger partial charge in [-0.25, -0.2) is 0 Å². The molecule has 2 rings (SSSR count). The van der Waals surface area contributed by atoms with Gasteiger partial charge in [0.25, 0.3) is 0 Å². The van der Waals surface area contributed by atoms with E-state index in [1.165, 1.54) is 0 Å². The van der Waals surface area contributed by atoms with Crippen LogP contribution in [0.25, 0.3) is 0 Å². The first-order chi connectivity index (χ1) is 14.0. The zero-order chi connectivity index (χ0) is 21.2. The topological polar surface area (TPSA) is 67.6 Å². The molecule has 30 heavy (non-hydrogen) atoms. The van der Waals surface area contributed by atoms with Crippen LogP contribution >= 0.6 is 35.7 Å². The summed E-state index contributed by atoms with van der Waals surface area (Å²) in [6, 6.07) is 8.07. The van der Waals surface area contributed by atoms with Crippen LogP contribution in [-0.4, -0.2) is 59.6 Å². The van der Waals surface area contributed by atoms with E-state index in [2.05, 4.69) is 49.9 Å². The Morgan fingerprint density at radius 3 is 2.67 bits per heavy atom. The fraction of sp³-hybridized carbons (Fsp3) is 0.571. The van der Waals surface area contributed by atoms with E-state index >= 15 is 0 Å². The Labute approximate surface area is 202 Å². The Morgan fingerprint density at radius 1 is 1.30 bits per heavy atom. The Bertz CT molecular complexity index is 796. The summed E-state index contributed by atoms with van der Waals surface area (Å²) in [5.41, 5.74) is 1.13. The number of methoxy groups -OCH3 is 1. The number of para-hydroxylation sites is 1. The second-order valence-electron chi connectivity index (χ2n) is 7.35. The van der Waals surface area contributed by atoms with Crippen LogP contribution in [0.1, 0.15) is 31.7 Å². The van der Waals surface area contributed by atoms with Gasteiger partial charge in [0.1, 0.15) is 11.6 Å². The molecule has 0 bridgehead atoms. The van der Waals surface area contributed by atoms with Crippen molar-refractivity contribution in [1.29, 1.82) is 0 Å². The fourth-order valence-electron chi connectivity index (χ4n) is 3.20. The summed E-state index contributed by atoms with van der Waals surface area (Å²) < 4.78 is 7.70. The summed E-state index contributed by atoms with van der Waals surface area (Å²) in [6.45, 7) is 6.94. The SMILES string of the molecule is CN=C(NCCCc1nnc(SC)n1CC(C)C)N(C)Cc1ccccc1OC.I. The maximum absolute atomic E-state index is 5.45. The first-order valence-corrected chi connectivity index (χ1v) is 11.2. The Balaban J connectivity index is 0.00000450. The Kier molecular flexibility index (Phi) is 12.2. The smallest absolute Gasteiger partial charge is 0.193 e. The van der Waals surface area contributed by atoms with E-state index in [-0.39, 0.29) is 24.0 Å². The second-order valence-corrected chi connectivity index (χ2v) is 8.13. The normalized spacial score (nSPS) is 11.4. The molecule has 0 unspecified atom stereocenters. The third-order valence-corrected chi connectivity index (χ3v) is 5.22. The van der Waals surface area contributed by atoms with Crippen LogP contribution in [0.15, 0.2) is 34.4 Å². The maximum Gasteiger partial charge on any atom is 0.193 e. The van der Waals surface area contributed by atoms with Crippen LogP contribution in [0.5, 0.6) is 5.75 Å². The number of nitrogens with one attached hydrogen (secondary N) is 1. The van der Waals surface area contributed by atoms with Crippen molar-refractivity contribution in [1.82, 2.24) is 25.0 Å². The number of halogens is 1. The van der Waals surface area contributed by atoms with Crippen molar-refractivity contribution in [2.24, 2.45) is 10.9 Å². The van der Waals surface area contributed by atoms with E-state index < -0.39 is 0 Å². The number of benzene rings is 1. The number of aromatic nitrogens is 3. The highest BCUT2D eigenvalue weighted by atomic mass is 127. The number of ether oxygens (including phenoxy) is 1. The first-order valence-electron chi connectivity index (χ1n) is 9.99. The summed E-state index contributed by atoms with van der Waals surface area (Å²) in [5, 5.41) is 13.2. The number of aryl methyl sites for hydroxylation is 1. The molecule has 0 atom stereocenters. The molecular formula is C21H35IN6OS. The molecule has 0 aliphatic heterocycles.